The minimum atomic E-state index is -0.0933. The predicted octanol–water partition coefficient (Wildman–Crippen LogP) is 4.02. The van der Waals surface area contributed by atoms with Crippen LogP contribution in [0.25, 0.3) is 6.08 Å². The van der Waals surface area contributed by atoms with Crippen LogP contribution in [0.5, 0.6) is 0 Å². The third-order valence-electron chi connectivity index (χ3n) is 3.13. The minimum absolute atomic E-state index is 0.0933. The molecule has 1 N–H and O–H groups in total. The second-order valence-corrected chi connectivity index (χ2v) is 7.36. The summed E-state index contributed by atoms with van der Waals surface area (Å²) in [6.07, 6.45) is 3.96. The Labute approximate surface area is 137 Å². The second-order valence-electron chi connectivity index (χ2n) is 4.70. The molecule has 1 aliphatic heterocycles. The van der Waals surface area contributed by atoms with Crippen molar-refractivity contribution in [1.29, 1.82) is 0 Å². The van der Waals surface area contributed by atoms with Crippen LogP contribution in [-0.4, -0.2) is 10.2 Å². The van der Waals surface area contributed by atoms with Crippen molar-refractivity contribution in [1.82, 2.24) is 5.32 Å². The average molecular weight is 331 g/mol. The first-order valence-corrected chi connectivity index (χ1v) is 8.67. The summed E-state index contributed by atoms with van der Waals surface area (Å²) in [6.45, 7) is 0. The highest BCUT2D eigenvalue weighted by atomic mass is 32.2. The van der Waals surface area contributed by atoms with Crippen LogP contribution in [0.4, 0.5) is 0 Å². The number of hydrogen-bond acceptors (Lipinski definition) is 4. The summed E-state index contributed by atoms with van der Waals surface area (Å²) < 4.78 is 0.534. The number of carbonyl (C=O) groups is 1. The van der Waals surface area contributed by atoms with Crippen molar-refractivity contribution in [3.63, 3.8) is 0 Å². The van der Waals surface area contributed by atoms with E-state index in [0.29, 0.717) is 9.23 Å². The Balaban J connectivity index is 1.65. The summed E-state index contributed by atoms with van der Waals surface area (Å²) in [5, 5.41) is 4.79. The van der Waals surface area contributed by atoms with Crippen molar-refractivity contribution in [2.24, 2.45) is 0 Å². The van der Waals surface area contributed by atoms with Crippen LogP contribution < -0.4 is 5.32 Å². The molecule has 3 rings (SSSR count). The van der Waals surface area contributed by atoms with Gasteiger partial charge < -0.3 is 5.32 Å². The number of thioether (sulfide) groups is 1. The van der Waals surface area contributed by atoms with E-state index in [-0.39, 0.29) is 5.91 Å². The van der Waals surface area contributed by atoms with Crippen molar-refractivity contribution in [3.05, 3.63) is 62.7 Å². The van der Waals surface area contributed by atoms with Gasteiger partial charge in [0.25, 0.3) is 5.91 Å². The monoisotopic (exact) mass is 331 g/mol. The van der Waals surface area contributed by atoms with Crippen molar-refractivity contribution >= 4 is 51.6 Å². The Bertz CT molecular complexity index is 703. The van der Waals surface area contributed by atoms with Gasteiger partial charge in [0.05, 0.1) is 4.91 Å². The van der Waals surface area contributed by atoms with Gasteiger partial charge in [-0.1, -0.05) is 54.3 Å². The molecule has 2 heterocycles. The summed E-state index contributed by atoms with van der Waals surface area (Å²) in [6, 6.07) is 12.6. The van der Waals surface area contributed by atoms with Gasteiger partial charge in [-0.2, -0.15) is 0 Å². The van der Waals surface area contributed by atoms with Gasteiger partial charge in [0.15, 0.2) is 0 Å². The third-order valence-corrected chi connectivity index (χ3v) is 5.23. The van der Waals surface area contributed by atoms with E-state index in [1.807, 2.05) is 12.1 Å². The number of amides is 1. The quantitative estimate of drug-likeness (QED) is 0.678. The molecule has 1 aliphatic rings. The van der Waals surface area contributed by atoms with E-state index >= 15 is 0 Å². The number of thiocarbonyl (C=S) groups is 1. The van der Waals surface area contributed by atoms with E-state index < -0.39 is 0 Å². The molecule has 2 nitrogen and oxygen atoms in total. The van der Waals surface area contributed by atoms with E-state index in [4.69, 9.17) is 12.2 Å². The maximum absolute atomic E-state index is 11.6. The van der Waals surface area contributed by atoms with E-state index in [0.717, 1.165) is 17.7 Å². The van der Waals surface area contributed by atoms with Crippen molar-refractivity contribution in [2.45, 2.75) is 12.8 Å². The lowest BCUT2D eigenvalue weighted by atomic mass is 10.1. The fourth-order valence-electron chi connectivity index (χ4n) is 2.08. The number of aryl methyl sites for hydroxylation is 2. The van der Waals surface area contributed by atoms with Crippen LogP contribution in [-0.2, 0) is 17.6 Å². The highest BCUT2D eigenvalue weighted by molar-refractivity contribution is 8.26. The van der Waals surface area contributed by atoms with Crippen LogP contribution in [0, 0.1) is 0 Å². The maximum atomic E-state index is 11.6. The Morgan fingerprint density at radius 2 is 1.90 bits per heavy atom. The van der Waals surface area contributed by atoms with Gasteiger partial charge >= 0.3 is 0 Å². The average Bonchev–Trinajstić information content (AvgIpc) is 3.05. The Morgan fingerprint density at radius 1 is 1.14 bits per heavy atom. The van der Waals surface area contributed by atoms with Crippen LogP contribution in [0.3, 0.4) is 0 Å². The third kappa shape index (κ3) is 3.81. The molecule has 106 valence electrons. The van der Waals surface area contributed by atoms with Gasteiger partial charge in [-0.3, -0.25) is 4.79 Å². The normalized spacial score (nSPS) is 16.5. The van der Waals surface area contributed by atoms with E-state index in [1.54, 1.807) is 11.3 Å². The van der Waals surface area contributed by atoms with Crippen LogP contribution in [0.15, 0.2) is 46.7 Å². The zero-order valence-electron chi connectivity index (χ0n) is 11.2. The molecule has 1 aromatic carbocycles. The topological polar surface area (TPSA) is 29.1 Å². The summed E-state index contributed by atoms with van der Waals surface area (Å²) in [7, 11) is 0. The molecule has 5 heteroatoms. The minimum Gasteiger partial charge on any atom is -0.307 e. The van der Waals surface area contributed by atoms with Crippen LogP contribution >= 0.6 is 35.3 Å². The molecule has 0 aliphatic carbocycles. The number of nitrogens with one attached hydrogen (secondary N) is 1. The molecule has 1 saturated heterocycles. The fraction of sp³-hybridized carbons (Fsp3) is 0.125. The number of thiophene rings is 1. The van der Waals surface area contributed by atoms with Gasteiger partial charge in [0.1, 0.15) is 4.32 Å². The molecule has 0 saturated carbocycles. The Morgan fingerprint density at radius 3 is 2.62 bits per heavy atom. The molecule has 1 fully saturated rings. The van der Waals surface area contributed by atoms with E-state index in [1.165, 1.54) is 22.9 Å². The summed E-state index contributed by atoms with van der Waals surface area (Å²) >= 11 is 7.97. The number of hydrogen-bond donors (Lipinski definition) is 1. The zero-order chi connectivity index (χ0) is 14.7. The maximum Gasteiger partial charge on any atom is 0.263 e. The first-order valence-electron chi connectivity index (χ1n) is 6.57. The molecule has 21 heavy (non-hydrogen) atoms. The van der Waals surface area contributed by atoms with Crippen LogP contribution in [0.2, 0.25) is 0 Å². The van der Waals surface area contributed by atoms with E-state index in [9.17, 15) is 4.79 Å². The van der Waals surface area contributed by atoms with Crippen molar-refractivity contribution in [2.75, 3.05) is 0 Å². The van der Waals surface area contributed by atoms with Gasteiger partial charge in [-0.05, 0) is 41.5 Å². The molecule has 0 bridgehead atoms. The molecule has 1 amide bonds. The lowest BCUT2D eigenvalue weighted by Gasteiger charge is -1.98. The molecule has 2 aromatic rings. The highest BCUT2D eigenvalue weighted by Gasteiger charge is 2.22. The van der Waals surface area contributed by atoms with Crippen LogP contribution in [0.1, 0.15) is 16.0 Å². The predicted molar refractivity (Wildman–Crippen MR) is 94.5 cm³/mol. The summed E-state index contributed by atoms with van der Waals surface area (Å²) in [5.41, 5.74) is 2.65. The summed E-state index contributed by atoms with van der Waals surface area (Å²) in [5.74, 6) is -0.0933. The van der Waals surface area contributed by atoms with Gasteiger partial charge in [-0.25, -0.2) is 0 Å². The number of rotatable bonds is 4. The number of carbonyl (C=O) groups excluding carboxylic acids is 1. The largest absolute Gasteiger partial charge is 0.307 e. The highest BCUT2D eigenvalue weighted by Crippen LogP contribution is 2.28. The first-order chi connectivity index (χ1) is 10.2. The Kier molecular flexibility index (Phi) is 4.53. The van der Waals surface area contributed by atoms with Crippen molar-refractivity contribution < 1.29 is 4.79 Å². The summed E-state index contributed by atoms with van der Waals surface area (Å²) in [4.78, 5) is 13.4. The molecule has 0 spiro atoms. The fourth-order valence-corrected chi connectivity index (χ4v) is 4.07. The van der Waals surface area contributed by atoms with E-state index in [2.05, 4.69) is 41.0 Å². The number of benzene rings is 1. The first kappa shape index (κ1) is 14.5. The molecule has 0 atom stereocenters. The van der Waals surface area contributed by atoms with Gasteiger partial charge in [-0.15, -0.1) is 11.3 Å². The van der Waals surface area contributed by atoms with Gasteiger partial charge in [0, 0.05) is 4.88 Å². The standard InChI is InChI=1S/C16H13NOS3/c18-15-14(21-16(19)17-15)9-13-8-12(10-20-13)7-6-11-4-2-1-3-5-11/h1-5,8-10H,6-7H2,(H,17,18,19)/b14-9+. The van der Waals surface area contributed by atoms with Crippen molar-refractivity contribution in [3.8, 4) is 0 Å². The molecule has 0 unspecified atom stereocenters. The smallest absolute Gasteiger partial charge is 0.263 e. The second kappa shape index (κ2) is 6.56. The molecular formula is C16H13NOS3. The zero-order valence-corrected chi connectivity index (χ0v) is 13.6. The molecule has 1 aromatic heterocycles. The lowest BCUT2D eigenvalue weighted by Crippen LogP contribution is -2.17. The Hall–Kier alpha value is -1.43. The molecule has 0 radical (unpaired) electrons. The molecular weight excluding hydrogens is 318 g/mol. The van der Waals surface area contributed by atoms with Gasteiger partial charge in [0.2, 0.25) is 0 Å². The SMILES string of the molecule is O=C1NC(=S)S/C1=C/c1cc(CCc2ccccc2)cs1. The lowest BCUT2D eigenvalue weighted by molar-refractivity contribution is -0.115.